The van der Waals surface area contributed by atoms with E-state index in [1.54, 1.807) is 17.1 Å². The number of aliphatic hydroxyl groups excluding tert-OH is 1. The Bertz CT molecular complexity index is 1510. The van der Waals surface area contributed by atoms with Crippen LogP contribution in [0.15, 0.2) is 42.7 Å². The minimum Gasteiger partial charge on any atom is -0.396 e. The summed E-state index contributed by atoms with van der Waals surface area (Å²) in [6.07, 6.45) is 2.15. The number of hydrogen-bond donors (Lipinski definition) is 2. The lowest BCUT2D eigenvalue weighted by Gasteiger charge is -2.12. The van der Waals surface area contributed by atoms with Crippen LogP contribution in [-0.4, -0.2) is 46.2 Å². The molecule has 0 radical (unpaired) electrons. The maximum atomic E-state index is 9.50. The van der Waals surface area contributed by atoms with Crippen LogP contribution in [0.5, 0.6) is 0 Å². The Kier molecular flexibility index (Phi) is 5.29. The van der Waals surface area contributed by atoms with Crippen molar-refractivity contribution < 1.29 is 5.11 Å². The van der Waals surface area contributed by atoms with Crippen LogP contribution >= 0.6 is 11.3 Å². The second-order valence-corrected chi connectivity index (χ2v) is 8.57. The summed E-state index contributed by atoms with van der Waals surface area (Å²) in [5, 5.41) is 36.1. The third-order valence-corrected chi connectivity index (χ3v) is 5.85. The number of pyridine rings is 1. The molecular weight excluding hydrogens is 438 g/mol. The van der Waals surface area contributed by atoms with E-state index in [9.17, 15) is 10.4 Å². The minimum absolute atomic E-state index is 0.0165. The quantitative estimate of drug-likeness (QED) is 0.397. The number of fused-ring (bicyclic) bond motifs is 1. The van der Waals surface area contributed by atoms with Crippen molar-refractivity contribution in [1.82, 2.24) is 34.5 Å². The highest BCUT2D eigenvalue weighted by molar-refractivity contribution is 7.15. The van der Waals surface area contributed by atoms with Crippen molar-refractivity contribution >= 4 is 33.2 Å². The molecular formula is C22H19N9OS. The van der Waals surface area contributed by atoms with Crippen molar-refractivity contribution in [1.29, 1.82) is 5.26 Å². The SMILES string of the molecule is Cc1nnc(Nc2ccc3c(c2)ncn3-c2ccc(CCO)c(-n3nc(C#N)cc3C)n2)s1. The molecule has 2 N–H and O–H groups in total. The first-order chi connectivity index (χ1) is 16.1. The Hall–Kier alpha value is -4.14. The molecule has 11 heteroatoms. The van der Waals surface area contributed by atoms with Crippen molar-refractivity contribution in [2.24, 2.45) is 0 Å². The van der Waals surface area contributed by atoms with Crippen LogP contribution in [0.1, 0.15) is 22.0 Å². The summed E-state index contributed by atoms with van der Waals surface area (Å²) < 4.78 is 3.53. The number of rotatable bonds is 6. The van der Waals surface area contributed by atoms with Gasteiger partial charge in [0.15, 0.2) is 11.5 Å². The molecule has 0 aliphatic rings. The predicted octanol–water partition coefficient (Wildman–Crippen LogP) is 3.22. The number of imidazole rings is 1. The first-order valence-corrected chi connectivity index (χ1v) is 11.0. The second kappa shape index (κ2) is 8.42. The van der Waals surface area contributed by atoms with Crippen molar-refractivity contribution in [3.63, 3.8) is 0 Å². The van der Waals surface area contributed by atoms with Crippen LogP contribution in [0.3, 0.4) is 0 Å². The summed E-state index contributed by atoms with van der Waals surface area (Å²) in [5.74, 6) is 1.23. The molecule has 5 rings (SSSR count). The predicted molar refractivity (Wildman–Crippen MR) is 124 cm³/mol. The third-order valence-electron chi connectivity index (χ3n) is 5.10. The van der Waals surface area contributed by atoms with Gasteiger partial charge < -0.3 is 10.4 Å². The molecule has 0 atom stereocenters. The summed E-state index contributed by atoms with van der Waals surface area (Å²) in [5.41, 5.74) is 4.48. The molecule has 0 aliphatic carbocycles. The van der Waals surface area contributed by atoms with Crippen molar-refractivity contribution in [3.05, 3.63) is 64.7 Å². The maximum Gasteiger partial charge on any atom is 0.210 e. The molecule has 33 heavy (non-hydrogen) atoms. The van der Waals surface area contributed by atoms with Crippen molar-refractivity contribution in [3.8, 4) is 17.7 Å². The van der Waals surface area contributed by atoms with Gasteiger partial charge in [-0.15, -0.1) is 10.2 Å². The van der Waals surface area contributed by atoms with Gasteiger partial charge in [0, 0.05) is 18.0 Å². The van der Waals surface area contributed by atoms with Crippen LogP contribution in [-0.2, 0) is 6.42 Å². The van der Waals surface area contributed by atoms with Gasteiger partial charge in [-0.3, -0.25) is 4.57 Å². The summed E-state index contributed by atoms with van der Waals surface area (Å²) in [6, 6.07) is 13.4. The lowest BCUT2D eigenvalue weighted by Crippen LogP contribution is -2.10. The number of nitrogens with one attached hydrogen (secondary N) is 1. The Balaban J connectivity index is 1.55. The fraction of sp³-hybridized carbons (Fsp3) is 0.182. The molecule has 0 amide bonds. The number of aryl methyl sites for hydroxylation is 2. The van der Waals surface area contributed by atoms with E-state index in [0.717, 1.165) is 38.1 Å². The fourth-order valence-electron chi connectivity index (χ4n) is 3.59. The number of nitrogens with zero attached hydrogens (tertiary/aromatic N) is 8. The van der Waals surface area contributed by atoms with E-state index in [1.165, 1.54) is 11.3 Å². The molecule has 0 fully saturated rings. The number of aliphatic hydroxyl groups is 1. The summed E-state index contributed by atoms with van der Waals surface area (Å²) in [6.45, 7) is 3.76. The average molecular weight is 458 g/mol. The number of anilines is 2. The standard InChI is InChI=1S/C22H19N9OS/c1-13-9-17(11-23)29-31(13)21-15(7-8-32)3-6-20(26-21)30-12-24-18-10-16(4-5-19(18)30)25-22-28-27-14(2)33-22/h3-6,9-10,12,32H,7-8H2,1-2H3,(H,25,28). The Morgan fingerprint density at radius 1 is 1.15 bits per heavy atom. The Morgan fingerprint density at radius 3 is 2.76 bits per heavy atom. The van der Waals surface area contributed by atoms with E-state index in [4.69, 9.17) is 4.98 Å². The molecule has 0 aliphatic heterocycles. The lowest BCUT2D eigenvalue weighted by atomic mass is 10.2. The monoisotopic (exact) mass is 457 g/mol. The average Bonchev–Trinajstić information content (AvgIpc) is 3.52. The van der Waals surface area contributed by atoms with Gasteiger partial charge >= 0.3 is 0 Å². The highest BCUT2D eigenvalue weighted by Gasteiger charge is 2.15. The molecule has 0 spiro atoms. The van der Waals surface area contributed by atoms with Gasteiger partial charge in [0.1, 0.15) is 23.2 Å². The van der Waals surface area contributed by atoms with E-state index < -0.39 is 0 Å². The Morgan fingerprint density at radius 2 is 2.03 bits per heavy atom. The maximum absolute atomic E-state index is 9.50. The van der Waals surface area contributed by atoms with E-state index >= 15 is 0 Å². The van der Waals surface area contributed by atoms with E-state index in [2.05, 4.69) is 31.7 Å². The number of aromatic nitrogens is 7. The fourth-order valence-corrected chi connectivity index (χ4v) is 4.20. The molecule has 10 nitrogen and oxygen atoms in total. The summed E-state index contributed by atoms with van der Waals surface area (Å²) >= 11 is 1.48. The van der Waals surface area contributed by atoms with Crippen LogP contribution < -0.4 is 5.32 Å². The summed E-state index contributed by atoms with van der Waals surface area (Å²) in [7, 11) is 0. The zero-order valence-corrected chi connectivity index (χ0v) is 18.7. The van der Waals surface area contributed by atoms with Gasteiger partial charge in [0.2, 0.25) is 5.13 Å². The van der Waals surface area contributed by atoms with Crippen molar-refractivity contribution in [2.75, 3.05) is 11.9 Å². The first-order valence-electron chi connectivity index (χ1n) is 10.2. The van der Waals surface area contributed by atoms with Gasteiger partial charge in [-0.05, 0) is 56.2 Å². The molecule has 0 saturated heterocycles. The third kappa shape index (κ3) is 3.93. The van der Waals surface area contributed by atoms with E-state index in [1.807, 2.05) is 48.7 Å². The molecule has 1 aromatic carbocycles. The smallest absolute Gasteiger partial charge is 0.210 e. The van der Waals surface area contributed by atoms with Crippen LogP contribution in [0, 0.1) is 25.2 Å². The molecule has 164 valence electrons. The van der Waals surface area contributed by atoms with Gasteiger partial charge in [-0.25, -0.2) is 14.6 Å². The molecule has 5 aromatic rings. The van der Waals surface area contributed by atoms with Crippen LogP contribution in [0.2, 0.25) is 0 Å². The van der Waals surface area contributed by atoms with E-state index in [-0.39, 0.29) is 6.61 Å². The van der Waals surface area contributed by atoms with Crippen LogP contribution in [0.25, 0.3) is 22.7 Å². The zero-order chi connectivity index (χ0) is 22.9. The molecule has 4 heterocycles. The number of nitriles is 1. The molecule has 0 saturated carbocycles. The summed E-state index contributed by atoms with van der Waals surface area (Å²) in [4.78, 5) is 9.37. The van der Waals surface area contributed by atoms with Crippen molar-refractivity contribution in [2.45, 2.75) is 20.3 Å². The number of hydrogen-bond acceptors (Lipinski definition) is 9. The topological polar surface area (TPSA) is 130 Å². The van der Waals surface area contributed by atoms with Gasteiger partial charge in [0.05, 0.1) is 11.0 Å². The second-order valence-electron chi connectivity index (χ2n) is 7.39. The number of benzene rings is 1. The molecule has 0 bridgehead atoms. The molecule has 0 unspecified atom stereocenters. The van der Waals surface area contributed by atoms with E-state index in [0.29, 0.717) is 23.8 Å². The van der Waals surface area contributed by atoms with Crippen LogP contribution in [0.4, 0.5) is 10.8 Å². The largest absolute Gasteiger partial charge is 0.396 e. The van der Waals surface area contributed by atoms with Gasteiger partial charge in [0.25, 0.3) is 0 Å². The Labute approximate surface area is 192 Å². The first kappa shape index (κ1) is 20.7. The highest BCUT2D eigenvalue weighted by Crippen LogP contribution is 2.26. The lowest BCUT2D eigenvalue weighted by molar-refractivity contribution is 0.299. The minimum atomic E-state index is -0.0165. The zero-order valence-electron chi connectivity index (χ0n) is 17.9. The van der Waals surface area contributed by atoms with Gasteiger partial charge in [-0.2, -0.15) is 10.4 Å². The normalized spacial score (nSPS) is 11.1. The molecule has 4 aromatic heterocycles. The highest BCUT2D eigenvalue weighted by atomic mass is 32.1. The van der Waals surface area contributed by atoms with Gasteiger partial charge in [-0.1, -0.05) is 17.4 Å².